The summed E-state index contributed by atoms with van der Waals surface area (Å²) in [6.45, 7) is 6.82. The van der Waals surface area contributed by atoms with Gasteiger partial charge >= 0.3 is 12.1 Å². The molecule has 2 aliphatic heterocycles. The van der Waals surface area contributed by atoms with Crippen LogP contribution in [0.25, 0.3) is 0 Å². The number of carboxylic acids is 1. The Labute approximate surface area is 180 Å². The molecule has 0 bridgehead atoms. The van der Waals surface area contributed by atoms with E-state index in [9.17, 15) is 18.0 Å². The minimum Gasteiger partial charge on any atom is -0.475 e. The van der Waals surface area contributed by atoms with Crippen molar-refractivity contribution in [3.8, 4) is 0 Å². The monoisotopic (exact) mass is 461 g/mol. The normalized spacial score (nSPS) is 19.4. The summed E-state index contributed by atoms with van der Waals surface area (Å²) < 4.78 is 39.0. The Morgan fingerprint density at radius 3 is 2.58 bits per heavy atom. The van der Waals surface area contributed by atoms with Crippen molar-refractivity contribution in [2.75, 3.05) is 32.8 Å². The Kier molecular flexibility index (Phi) is 7.28. The van der Waals surface area contributed by atoms with Gasteiger partial charge < -0.3 is 14.7 Å². The number of halogens is 3. The van der Waals surface area contributed by atoms with E-state index < -0.39 is 12.1 Å². The highest BCUT2D eigenvalue weighted by Gasteiger charge is 2.38. The van der Waals surface area contributed by atoms with Gasteiger partial charge in [0.2, 0.25) is 5.91 Å². The predicted molar refractivity (Wildman–Crippen MR) is 103 cm³/mol. The number of carboxylic acid groups (broad SMARTS) is 1. The van der Waals surface area contributed by atoms with Crippen LogP contribution in [0.1, 0.15) is 22.4 Å². The number of aromatic nitrogens is 3. The molecule has 4 rings (SSSR count). The summed E-state index contributed by atoms with van der Waals surface area (Å²) in [5, 5.41) is 14.7. The van der Waals surface area contributed by atoms with Gasteiger partial charge in [-0.15, -0.1) is 11.3 Å². The zero-order valence-electron chi connectivity index (χ0n) is 16.7. The van der Waals surface area contributed by atoms with Crippen LogP contribution < -0.4 is 0 Å². The summed E-state index contributed by atoms with van der Waals surface area (Å²) in [5.74, 6) is -2.62. The first-order valence-corrected chi connectivity index (χ1v) is 10.4. The molecule has 2 aromatic heterocycles. The second-order valence-corrected chi connectivity index (χ2v) is 8.02. The molecule has 1 saturated heterocycles. The Morgan fingerprint density at radius 2 is 2.00 bits per heavy atom. The predicted octanol–water partition coefficient (Wildman–Crippen LogP) is 1.70. The third-order valence-corrected chi connectivity index (χ3v) is 5.69. The van der Waals surface area contributed by atoms with Crippen LogP contribution in [0.2, 0.25) is 0 Å². The maximum Gasteiger partial charge on any atom is 0.490 e. The molecular formula is C18H22F3N5O4S. The molecule has 170 valence electrons. The van der Waals surface area contributed by atoms with Gasteiger partial charge in [-0.2, -0.15) is 18.3 Å². The molecule has 31 heavy (non-hydrogen) atoms. The largest absolute Gasteiger partial charge is 0.490 e. The SMILES string of the molecule is Cc1csc(CN2Cc3ccnn3C(C(=O)N3CCOCC3)C2)n1.O=C(O)C(F)(F)F. The number of morpholine rings is 1. The summed E-state index contributed by atoms with van der Waals surface area (Å²) in [7, 11) is 0. The maximum atomic E-state index is 13.0. The maximum absolute atomic E-state index is 13.0. The standard InChI is InChI=1S/C16H21N5O2S.C2HF3O2/c1-12-11-24-15(18-12)10-19-8-13-2-3-17-21(13)14(9-19)16(22)20-4-6-23-7-5-20;3-2(4,5)1(6)7/h2-3,11,14H,4-10H2,1H3;(H,6,7). The first-order chi connectivity index (χ1) is 14.6. The van der Waals surface area contributed by atoms with Crippen molar-refractivity contribution in [2.24, 2.45) is 0 Å². The van der Waals surface area contributed by atoms with Gasteiger partial charge in [-0.05, 0) is 13.0 Å². The van der Waals surface area contributed by atoms with Crippen LogP contribution in [0, 0.1) is 6.92 Å². The van der Waals surface area contributed by atoms with E-state index in [4.69, 9.17) is 14.6 Å². The molecule has 0 spiro atoms. The molecular weight excluding hydrogens is 439 g/mol. The summed E-state index contributed by atoms with van der Waals surface area (Å²) in [4.78, 5) is 30.6. The number of alkyl halides is 3. The van der Waals surface area contributed by atoms with Gasteiger partial charge in [-0.3, -0.25) is 14.4 Å². The second-order valence-electron chi connectivity index (χ2n) is 7.08. The van der Waals surface area contributed by atoms with Crippen LogP contribution in [0.15, 0.2) is 17.6 Å². The van der Waals surface area contributed by atoms with Crippen LogP contribution in [0.5, 0.6) is 0 Å². The van der Waals surface area contributed by atoms with E-state index in [1.54, 1.807) is 17.5 Å². The minimum atomic E-state index is -5.08. The Bertz CT molecular complexity index is 910. The summed E-state index contributed by atoms with van der Waals surface area (Å²) in [6.07, 6.45) is -3.30. The number of fused-ring (bicyclic) bond motifs is 1. The topological polar surface area (TPSA) is 101 Å². The number of hydrogen-bond donors (Lipinski definition) is 1. The van der Waals surface area contributed by atoms with Gasteiger partial charge in [0, 0.05) is 43.4 Å². The van der Waals surface area contributed by atoms with Crippen molar-refractivity contribution in [3.63, 3.8) is 0 Å². The molecule has 0 radical (unpaired) electrons. The molecule has 13 heteroatoms. The number of amides is 1. The van der Waals surface area contributed by atoms with Gasteiger partial charge in [0.1, 0.15) is 11.0 Å². The molecule has 1 atom stereocenters. The number of aryl methyl sites for hydroxylation is 1. The lowest BCUT2D eigenvalue weighted by atomic mass is 10.1. The van der Waals surface area contributed by atoms with E-state index in [0.717, 1.165) is 29.5 Å². The number of nitrogens with zero attached hydrogens (tertiary/aromatic N) is 5. The lowest BCUT2D eigenvalue weighted by Gasteiger charge is -2.36. The van der Waals surface area contributed by atoms with Gasteiger partial charge in [0.15, 0.2) is 0 Å². The van der Waals surface area contributed by atoms with Crippen LogP contribution >= 0.6 is 11.3 Å². The molecule has 1 amide bonds. The average Bonchev–Trinajstić information content (AvgIpc) is 3.36. The fourth-order valence-corrected chi connectivity index (χ4v) is 4.14. The van der Waals surface area contributed by atoms with Crippen molar-refractivity contribution in [1.29, 1.82) is 0 Å². The lowest BCUT2D eigenvalue weighted by Crippen LogP contribution is -2.49. The first-order valence-electron chi connectivity index (χ1n) is 9.47. The van der Waals surface area contributed by atoms with Crippen LogP contribution in [-0.2, 0) is 27.4 Å². The highest BCUT2D eigenvalue weighted by molar-refractivity contribution is 7.09. The molecule has 1 unspecified atom stereocenters. The molecule has 2 aliphatic rings. The number of thiazole rings is 1. The molecule has 1 fully saturated rings. The first kappa shape index (κ1) is 23.2. The van der Waals surface area contributed by atoms with Crippen LogP contribution in [-0.4, -0.2) is 80.6 Å². The third-order valence-electron chi connectivity index (χ3n) is 4.74. The summed E-state index contributed by atoms with van der Waals surface area (Å²) >= 11 is 1.68. The van der Waals surface area contributed by atoms with E-state index in [0.29, 0.717) is 32.8 Å². The van der Waals surface area contributed by atoms with Gasteiger partial charge in [0.25, 0.3) is 0 Å². The number of rotatable bonds is 3. The van der Waals surface area contributed by atoms with Crippen molar-refractivity contribution in [3.05, 3.63) is 34.0 Å². The average molecular weight is 461 g/mol. The van der Waals surface area contributed by atoms with Crippen molar-refractivity contribution in [1.82, 2.24) is 24.6 Å². The smallest absolute Gasteiger partial charge is 0.475 e. The Morgan fingerprint density at radius 1 is 1.32 bits per heavy atom. The van der Waals surface area contributed by atoms with Gasteiger partial charge in [-0.25, -0.2) is 9.78 Å². The highest BCUT2D eigenvalue weighted by Crippen LogP contribution is 2.25. The summed E-state index contributed by atoms with van der Waals surface area (Å²) in [5.41, 5.74) is 2.14. The number of carbonyl (C=O) groups is 2. The van der Waals surface area contributed by atoms with Gasteiger partial charge in [-0.1, -0.05) is 0 Å². The van der Waals surface area contributed by atoms with Crippen molar-refractivity contribution >= 4 is 23.2 Å². The van der Waals surface area contributed by atoms with E-state index >= 15 is 0 Å². The zero-order chi connectivity index (χ0) is 22.6. The summed E-state index contributed by atoms with van der Waals surface area (Å²) in [6, 6.07) is 1.74. The molecule has 4 heterocycles. The van der Waals surface area contributed by atoms with Crippen LogP contribution in [0.4, 0.5) is 13.2 Å². The molecule has 1 N–H and O–H groups in total. The van der Waals surface area contributed by atoms with Crippen molar-refractivity contribution in [2.45, 2.75) is 32.2 Å². The number of ether oxygens (including phenoxy) is 1. The van der Waals surface area contributed by atoms with E-state index in [1.165, 1.54) is 0 Å². The zero-order valence-corrected chi connectivity index (χ0v) is 17.5. The van der Waals surface area contributed by atoms with Crippen LogP contribution in [0.3, 0.4) is 0 Å². The second kappa shape index (κ2) is 9.75. The van der Waals surface area contributed by atoms with E-state index in [2.05, 4.69) is 20.4 Å². The quantitative estimate of drug-likeness (QED) is 0.743. The molecule has 9 nitrogen and oxygen atoms in total. The fraction of sp³-hybridized carbons (Fsp3) is 0.556. The van der Waals surface area contributed by atoms with Gasteiger partial charge in [0.05, 0.1) is 25.5 Å². The van der Waals surface area contributed by atoms with E-state index in [-0.39, 0.29) is 11.9 Å². The van der Waals surface area contributed by atoms with E-state index in [1.807, 2.05) is 22.6 Å². The lowest BCUT2D eigenvalue weighted by molar-refractivity contribution is -0.192. The molecule has 2 aromatic rings. The highest BCUT2D eigenvalue weighted by atomic mass is 32.1. The minimum absolute atomic E-state index is 0.142. The number of carbonyl (C=O) groups excluding carboxylic acids is 1. The molecule has 0 aliphatic carbocycles. The Hall–Kier alpha value is -2.51. The Balaban J connectivity index is 0.000000339. The van der Waals surface area contributed by atoms with Crippen molar-refractivity contribution < 1.29 is 32.6 Å². The number of aliphatic carboxylic acids is 1. The third kappa shape index (κ3) is 6.02. The molecule has 0 aromatic carbocycles. The number of hydrogen-bond acceptors (Lipinski definition) is 7. The molecule has 0 saturated carbocycles. The fourth-order valence-electron chi connectivity index (χ4n) is 3.33.